The van der Waals surface area contributed by atoms with E-state index in [4.69, 9.17) is 6.57 Å². The van der Waals surface area contributed by atoms with Crippen molar-refractivity contribution in [2.45, 2.75) is 0 Å². The van der Waals surface area contributed by atoms with E-state index in [-0.39, 0.29) is 0 Å². The predicted octanol–water partition coefficient (Wildman–Crippen LogP) is 11.6. The Morgan fingerprint density at radius 2 is 1.06 bits per heavy atom. The molecule has 0 N–H and O–H groups in total. The third-order valence-electron chi connectivity index (χ3n) is 9.37. The summed E-state index contributed by atoms with van der Waals surface area (Å²) in [6.07, 6.45) is 0. The smallest absolute Gasteiger partial charge is 0.189 e. The van der Waals surface area contributed by atoms with Crippen molar-refractivity contribution < 1.29 is 0 Å². The minimum atomic E-state index is 0.583. The summed E-state index contributed by atoms with van der Waals surface area (Å²) in [7, 11) is 0. The van der Waals surface area contributed by atoms with Crippen LogP contribution in [0.4, 0.5) is 5.69 Å². The van der Waals surface area contributed by atoms with Gasteiger partial charge in [-0.15, -0.1) is 0 Å². The zero-order chi connectivity index (χ0) is 32.2. The van der Waals surface area contributed by atoms with Crippen LogP contribution in [-0.4, -0.2) is 9.13 Å². The molecule has 2 heterocycles. The minimum Gasteiger partial charge on any atom is -0.310 e. The van der Waals surface area contributed by atoms with E-state index >= 15 is 0 Å². The van der Waals surface area contributed by atoms with Gasteiger partial charge in [0.15, 0.2) is 5.69 Å². The van der Waals surface area contributed by atoms with Crippen LogP contribution >= 0.6 is 0 Å². The molecule has 0 aliphatic heterocycles. The summed E-state index contributed by atoms with van der Waals surface area (Å²) < 4.78 is 4.59. The summed E-state index contributed by atoms with van der Waals surface area (Å²) >= 11 is 0. The zero-order valence-electron chi connectivity index (χ0n) is 25.8. The van der Waals surface area contributed by atoms with E-state index in [0.29, 0.717) is 11.3 Å². The van der Waals surface area contributed by atoms with Gasteiger partial charge in [0.25, 0.3) is 0 Å². The summed E-state index contributed by atoms with van der Waals surface area (Å²) in [5.41, 5.74) is 12.0. The first-order chi connectivity index (χ1) is 23.7. The maximum absolute atomic E-state index is 9.92. The lowest BCUT2D eigenvalue weighted by Crippen LogP contribution is -1.98. The topological polar surface area (TPSA) is 38.0 Å². The molecule has 7 aromatic carbocycles. The SMILES string of the molecule is [C-]#[N+]c1cccc(-n2c3ccc(C#N)cc3c3c(-c4ccccc4-c4ccccc4-n4c5ccccc5c5ccccc54)cccc32)c1. The van der Waals surface area contributed by atoms with Crippen LogP contribution in [-0.2, 0) is 0 Å². The summed E-state index contributed by atoms with van der Waals surface area (Å²) in [6.45, 7) is 7.63. The predicted molar refractivity (Wildman–Crippen MR) is 197 cm³/mol. The van der Waals surface area contributed by atoms with Crippen molar-refractivity contribution >= 4 is 49.3 Å². The highest BCUT2D eigenvalue weighted by atomic mass is 15.0. The van der Waals surface area contributed by atoms with Crippen LogP contribution in [0.15, 0.2) is 158 Å². The maximum atomic E-state index is 9.92. The van der Waals surface area contributed by atoms with Gasteiger partial charge in [-0.2, -0.15) is 5.26 Å². The van der Waals surface area contributed by atoms with E-state index < -0.39 is 0 Å². The van der Waals surface area contributed by atoms with Gasteiger partial charge in [-0.25, -0.2) is 4.85 Å². The highest BCUT2D eigenvalue weighted by Crippen LogP contribution is 2.44. The van der Waals surface area contributed by atoms with Gasteiger partial charge in [0.1, 0.15) is 0 Å². The third kappa shape index (κ3) is 4.07. The third-order valence-corrected chi connectivity index (χ3v) is 9.37. The Kier molecular flexibility index (Phi) is 6.22. The number of para-hydroxylation sites is 3. The van der Waals surface area contributed by atoms with E-state index in [2.05, 4.69) is 135 Å². The Hall–Kier alpha value is -6.88. The summed E-state index contributed by atoms with van der Waals surface area (Å²) in [5, 5.41) is 14.4. The molecule has 2 aromatic heterocycles. The van der Waals surface area contributed by atoms with Crippen molar-refractivity contribution in [1.29, 1.82) is 5.26 Å². The van der Waals surface area contributed by atoms with Crippen molar-refractivity contribution in [3.05, 3.63) is 175 Å². The average Bonchev–Trinajstić information content (AvgIpc) is 3.67. The Morgan fingerprint density at radius 1 is 0.479 bits per heavy atom. The highest BCUT2D eigenvalue weighted by Gasteiger charge is 2.21. The molecule has 48 heavy (non-hydrogen) atoms. The summed E-state index contributed by atoms with van der Waals surface area (Å²) in [5.74, 6) is 0. The summed E-state index contributed by atoms with van der Waals surface area (Å²) in [4.78, 5) is 3.70. The Morgan fingerprint density at radius 3 is 1.79 bits per heavy atom. The molecule has 0 amide bonds. The van der Waals surface area contributed by atoms with Gasteiger partial charge in [-0.1, -0.05) is 103 Å². The lowest BCUT2D eigenvalue weighted by molar-refractivity contribution is 1.18. The number of rotatable bonds is 4. The molecular weight excluding hydrogens is 585 g/mol. The molecule has 0 unspecified atom stereocenters. The zero-order valence-corrected chi connectivity index (χ0v) is 25.8. The first kappa shape index (κ1) is 27.4. The van der Waals surface area contributed by atoms with E-state index in [9.17, 15) is 5.26 Å². The lowest BCUT2D eigenvalue weighted by Gasteiger charge is -2.17. The van der Waals surface area contributed by atoms with E-state index in [1.165, 1.54) is 21.8 Å². The molecule has 4 nitrogen and oxygen atoms in total. The molecule has 0 fully saturated rings. The Labute approximate surface area is 277 Å². The number of nitriles is 1. The molecule has 0 spiro atoms. The number of hydrogen-bond donors (Lipinski definition) is 0. The van der Waals surface area contributed by atoms with Crippen molar-refractivity contribution in [1.82, 2.24) is 9.13 Å². The lowest BCUT2D eigenvalue weighted by atomic mass is 9.91. The van der Waals surface area contributed by atoms with Gasteiger partial charge in [0.2, 0.25) is 0 Å². The molecule has 9 aromatic rings. The molecule has 0 atom stereocenters. The van der Waals surface area contributed by atoms with Crippen LogP contribution in [0.25, 0.3) is 82.1 Å². The van der Waals surface area contributed by atoms with Crippen LogP contribution in [0, 0.1) is 17.9 Å². The second-order valence-electron chi connectivity index (χ2n) is 11.9. The highest BCUT2D eigenvalue weighted by molar-refractivity contribution is 6.17. The van der Waals surface area contributed by atoms with Crippen LogP contribution in [0.3, 0.4) is 0 Å². The van der Waals surface area contributed by atoms with Gasteiger partial charge >= 0.3 is 0 Å². The molecular formula is C44H26N4. The number of fused-ring (bicyclic) bond motifs is 6. The molecule has 0 saturated carbocycles. The molecule has 0 radical (unpaired) electrons. The largest absolute Gasteiger partial charge is 0.310 e. The number of nitrogens with zero attached hydrogens (tertiary/aromatic N) is 4. The van der Waals surface area contributed by atoms with Crippen molar-refractivity contribution in [2.75, 3.05) is 0 Å². The molecule has 0 saturated heterocycles. The molecule has 0 bridgehead atoms. The van der Waals surface area contributed by atoms with Gasteiger partial charge < -0.3 is 9.13 Å². The normalized spacial score (nSPS) is 11.3. The quantitative estimate of drug-likeness (QED) is 0.183. The van der Waals surface area contributed by atoms with Crippen LogP contribution < -0.4 is 0 Å². The van der Waals surface area contributed by atoms with Crippen molar-refractivity contribution in [3.8, 4) is 39.7 Å². The number of benzene rings is 7. The maximum Gasteiger partial charge on any atom is 0.189 e. The van der Waals surface area contributed by atoms with E-state index in [1.807, 2.05) is 42.5 Å². The average molecular weight is 611 g/mol. The van der Waals surface area contributed by atoms with Crippen molar-refractivity contribution in [2.24, 2.45) is 0 Å². The van der Waals surface area contributed by atoms with E-state index in [1.54, 1.807) is 0 Å². The van der Waals surface area contributed by atoms with Crippen LogP contribution in [0.5, 0.6) is 0 Å². The fourth-order valence-corrected chi connectivity index (χ4v) is 7.38. The number of aromatic nitrogens is 2. The van der Waals surface area contributed by atoms with E-state index in [0.717, 1.165) is 55.4 Å². The first-order valence-electron chi connectivity index (χ1n) is 15.9. The first-order valence-corrected chi connectivity index (χ1v) is 15.9. The molecule has 4 heteroatoms. The van der Waals surface area contributed by atoms with Gasteiger partial charge in [-0.05, 0) is 71.3 Å². The van der Waals surface area contributed by atoms with Gasteiger partial charge in [0, 0.05) is 32.8 Å². The summed E-state index contributed by atoms with van der Waals surface area (Å²) in [6, 6.07) is 56.8. The monoisotopic (exact) mass is 610 g/mol. The van der Waals surface area contributed by atoms with Crippen LogP contribution in [0.1, 0.15) is 5.56 Å². The Balaban J connectivity index is 1.35. The number of hydrogen-bond acceptors (Lipinski definition) is 1. The van der Waals surface area contributed by atoms with Gasteiger partial charge in [0.05, 0.1) is 46.0 Å². The molecule has 0 aliphatic carbocycles. The second-order valence-corrected chi connectivity index (χ2v) is 11.9. The fraction of sp³-hybridized carbons (Fsp3) is 0. The second kappa shape index (κ2) is 10.9. The molecule has 0 aliphatic rings. The van der Waals surface area contributed by atoms with Gasteiger partial charge in [-0.3, -0.25) is 0 Å². The fourth-order valence-electron chi connectivity index (χ4n) is 7.38. The molecule has 9 rings (SSSR count). The van der Waals surface area contributed by atoms with Crippen molar-refractivity contribution in [3.63, 3.8) is 0 Å². The molecule has 222 valence electrons. The van der Waals surface area contributed by atoms with Crippen LogP contribution in [0.2, 0.25) is 0 Å². The Bertz CT molecular complexity index is 2760. The minimum absolute atomic E-state index is 0.583. The standard InChI is InChI=1S/C44H26N4/c1-46-30-12-10-13-31(27-30)47-42-25-24-29(28-45)26-38(42)44-37(19-11-23-43(44)47)33-15-3-2-14-32(33)34-16-4-7-20-39(34)48-40-21-8-5-17-35(40)36-18-6-9-22-41(36)48/h2-27H.